The van der Waals surface area contributed by atoms with Crippen molar-refractivity contribution in [2.75, 3.05) is 0 Å². The summed E-state index contributed by atoms with van der Waals surface area (Å²) in [6, 6.07) is 4.08. The standard InChI is InChI=1S/C12H12N4O5/c1-7-5-8(21-10(7)11(17)14-13)6-15-4-2-3-9(12(15)18)16(19)20/h2-5H,6,13H2,1H3,(H,14,17). The molecule has 2 rings (SSSR count). The molecule has 2 heterocycles. The molecule has 0 atom stereocenters. The second-order valence-corrected chi connectivity index (χ2v) is 4.28. The lowest BCUT2D eigenvalue weighted by atomic mass is 10.2. The van der Waals surface area contributed by atoms with Crippen molar-refractivity contribution in [2.24, 2.45) is 5.84 Å². The molecule has 0 radical (unpaired) electrons. The van der Waals surface area contributed by atoms with Crippen LogP contribution in [0, 0.1) is 17.0 Å². The van der Waals surface area contributed by atoms with E-state index in [1.54, 1.807) is 13.0 Å². The molecule has 0 bridgehead atoms. The van der Waals surface area contributed by atoms with Crippen LogP contribution in [0.1, 0.15) is 21.9 Å². The summed E-state index contributed by atoms with van der Waals surface area (Å²) in [5, 5.41) is 10.7. The Bertz CT molecular complexity index is 761. The Labute approximate surface area is 118 Å². The summed E-state index contributed by atoms with van der Waals surface area (Å²) >= 11 is 0. The van der Waals surface area contributed by atoms with Gasteiger partial charge in [-0.25, -0.2) is 5.84 Å². The van der Waals surface area contributed by atoms with Crippen molar-refractivity contribution in [3.05, 3.63) is 61.9 Å². The van der Waals surface area contributed by atoms with Crippen LogP contribution in [-0.2, 0) is 6.54 Å². The summed E-state index contributed by atoms with van der Waals surface area (Å²) in [4.78, 5) is 33.3. The highest BCUT2D eigenvalue weighted by atomic mass is 16.6. The predicted molar refractivity (Wildman–Crippen MR) is 71.6 cm³/mol. The van der Waals surface area contributed by atoms with Crippen LogP contribution in [-0.4, -0.2) is 15.4 Å². The number of furan rings is 1. The van der Waals surface area contributed by atoms with E-state index < -0.39 is 22.1 Å². The number of aryl methyl sites for hydroxylation is 1. The monoisotopic (exact) mass is 292 g/mol. The van der Waals surface area contributed by atoms with Crippen molar-refractivity contribution in [3.8, 4) is 0 Å². The van der Waals surface area contributed by atoms with Crippen LogP contribution in [0.25, 0.3) is 0 Å². The van der Waals surface area contributed by atoms with E-state index in [0.717, 1.165) is 10.6 Å². The molecule has 110 valence electrons. The first-order chi connectivity index (χ1) is 9.93. The highest BCUT2D eigenvalue weighted by molar-refractivity contribution is 5.92. The molecule has 0 aliphatic heterocycles. The average Bonchev–Trinajstić information content (AvgIpc) is 2.80. The third kappa shape index (κ3) is 2.82. The first-order valence-corrected chi connectivity index (χ1v) is 5.88. The maximum absolute atomic E-state index is 11.9. The Morgan fingerprint density at radius 1 is 1.57 bits per heavy atom. The van der Waals surface area contributed by atoms with Crippen LogP contribution < -0.4 is 16.8 Å². The van der Waals surface area contributed by atoms with Crippen molar-refractivity contribution in [1.29, 1.82) is 0 Å². The molecule has 0 unspecified atom stereocenters. The van der Waals surface area contributed by atoms with Crippen LogP contribution in [0.4, 0.5) is 5.69 Å². The lowest BCUT2D eigenvalue weighted by molar-refractivity contribution is -0.386. The van der Waals surface area contributed by atoms with Gasteiger partial charge < -0.3 is 8.98 Å². The fourth-order valence-electron chi connectivity index (χ4n) is 1.87. The Kier molecular flexibility index (Phi) is 3.85. The highest BCUT2D eigenvalue weighted by Crippen LogP contribution is 2.15. The zero-order valence-electron chi connectivity index (χ0n) is 11.0. The van der Waals surface area contributed by atoms with E-state index in [1.807, 2.05) is 5.43 Å². The summed E-state index contributed by atoms with van der Waals surface area (Å²) in [6.45, 7) is 1.62. The van der Waals surface area contributed by atoms with E-state index in [4.69, 9.17) is 10.3 Å². The second-order valence-electron chi connectivity index (χ2n) is 4.28. The molecule has 0 aliphatic rings. The zero-order chi connectivity index (χ0) is 15.6. The third-order valence-electron chi connectivity index (χ3n) is 2.83. The molecular weight excluding hydrogens is 280 g/mol. The number of carbonyl (C=O) groups excluding carboxylic acids is 1. The van der Waals surface area contributed by atoms with Gasteiger partial charge in [0.1, 0.15) is 5.76 Å². The van der Waals surface area contributed by atoms with Crippen molar-refractivity contribution in [2.45, 2.75) is 13.5 Å². The second kappa shape index (κ2) is 5.59. The third-order valence-corrected chi connectivity index (χ3v) is 2.83. The molecule has 2 aromatic heterocycles. The number of nitrogens with zero attached hydrogens (tertiary/aromatic N) is 2. The molecular formula is C12H12N4O5. The summed E-state index contributed by atoms with van der Waals surface area (Å²) < 4.78 is 6.43. The van der Waals surface area contributed by atoms with Crippen molar-refractivity contribution in [1.82, 2.24) is 9.99 Å². The van der Waals surface area contributed by atoms with Gasteiger partial charge in [0.25, 0.3) is 0 Å². The number of nitrogen functional groups attached to an aromatic ring is 1. The number of pyridine rings is 1. The lowest BCUT2D eigenvalue weighted by Gasteiger charge is -2.02. The topological polar surface area (TPSA) is 133 Å². The number of aromatic nitrogens is 1. The molecule has 0 aromatic carbocycles. The van der Waals surface area contributed by atoms with E-state index in [9.17, 15) is 19.7 Å². The first-order valence-electron chi connectivity index (χ1n) is 5.88. The number of hydrazine groups is 1. The molecule has 0 aliphatic carbocycles. The summed E-state index contributed by atoms with van der Waals surface area (Å²) in [6.07, 6.45) is 1.40. The SMILES string of the molecule is Cc1cc(Cn2cccc([N+](=O)[O-])c2=O)oc1C(=O)NN. The van der Waals surface area contributed by atoms with Gasteiger partial charge in [-0.15, -0.1) is 0 Å². The van der Waals surface area contributed by atoms with E-state index in [0.29, 0.717) is 11.3 Å². The molecule has 9 nitrogen and oxygen atoms in total. The van der Waals surface area contributed by atoms with Gasteiger partial charge in [-0.05, 0) is 19.1 Å². The van der Waals surface area contributed by atoms with Gasteiger partial charge in [0.2, 0.25) is 0 Å². The Hall–Kier alpha value is -2.94. The van der Waals surface area contributed by atoms with Crippen LogP contribution in [0.3, 0.4) is 0 Å². The molecule has 0 saturated heterocycles. The molecule has 3 N–H and O–H groups in total. The zero-order valence-corrected chi connectivity index (χ0v) is 11.0. The van der Waals surface area contributed by atoms with Crippen molar-refractivity contribution in [3.63, 3.8) is 0 Å². The Morgan fingerprint density at radius 3 is 2.90 bits per heavy atom. The molecule has 9 heteroatoms. The largest absolute Gasteiger partial charge is 0.454 e. The van der Waals surface area contributed by atoms with Gasteiger partial charge in [-0.3, -0.25) is 25.1 Å². The van der Waals surface area contributed by atoms with Gasteiger partial charge in [0.05, 0.1) is 11.5 Å². The number of amides is 1. The minimum atomic E-state index is -0.750. The minimum Gasteiger partial charge on any atom is -0.454 e. The van der Waals surface area contributed by atoms with Gasteiger partial charge in [0.15, 0.2) is 5.76 Å². The quantitative estimate of drug-likeness (QED) is 0.360. The Balaban J connectivity index is 2.35. The molecule has 2 aromatic rings. The predicted octanol–water partition coefficient (Wildman–Crippen LogP) is 0.310. The van der Waals surface area contributed by atoms with Crippen molar-refractivity contribution < 1.29 is 14.1 Å². The number of hydrogen-bond donors (Lipinski definition) is 2. The molecule has 0 saturated carbocycles. The first kappa shape index (κ1) is 14.5. The number of nitro groups is 1. The van der Waals surface area contributed by atoms with Gasteiger partial charge in [0, 0.05) is 17.8 Å². The van der Waals surface area contributed by atoms with Crippen LogP contribution in [0.2, 0.25) is 0 Å². The van der Waals surface area contributed by atoms with E-state index >= 15 is 0 Å². The number of nitrogens with one attached hydrogen (secondary N) is 1. The smallest absolute Gasteiger partial charge is 0.334 e. The van der Waals surface area contributed by atoms with Crippen LogP contribution in [0.5, 0.6) is 0 Å². The fourth-order valence-corrected chi connectivity index (χ4v) is 1.87. The highest BCUT2D eigenvalue weighted by Gasteiger charge is 2.17. The lowest BCUT2D eigenvalue weighted by Crippen LogP contribution is -2.30. The van der Waals surface area contributed by atoms with Gasteiger partial charge in [-0.1, -0.05) is 0 Å². The van der Waals surface area contributed by atoms with E-state index in [-0.39, 0.29) is 12.3 Å². The summed E-state index contributed by atoms with van der Waals surface area (Å²) in [7, 11) is 0. The molecule has 21 heavy (non-hydrogen) atoms. The van der Waals surface area contributed by atoms with Crippen LogP contribution >= 0.6 is 0 Å². The minimum absolute atomic E-state index is 0.0286. The molecule has 1 amide bonds. The maximum Gasteiger partial charge on any atom is 0.334 e. The number of carbonyl (C=O) groups is 1. The van der Waals surface area contributed by atoms with E-state index in [1.165, 1.54) is 12.3 Å². The van der Waals surface area contributed by atoms with E-state index in [2.05, 4.69) is 0 Å². The van der Waals surface area contributed by atoms with Crippen molar-refractivity contribution >= 4 is 11.6 Å². The number of rotatable bonds is 4. The summed E-state index contributed by atoms with van der Waals surface area (Å²) in [5.74, 6) is 4.78. The molecule has 0 fully saturated rings. The van der Waals surface area contributed by atoms with Gasteiger partial charge >= 0.3 is 17.2 Å². The average molecular weight is 292 g/mol. The van der Waals surface area contributed by atoms with Gasteiger partial charge in [-0.2, -0.15) is 0 Å². The normalized spacial score (nSPS) is 10.4. The Morgan fingerprint density at radius 2 is 2.29 bits per heavy atom. The van der Waals surface area contributed by atoms with Crippen LogP contribution in [0.15, 0.2) is 33.6 Å². The fraction of sp³-hybridized carbons (Fsp3) is 0.167. The molecule has 0 spiro atoms. The maximum atomic E-state index is 11.9. The summed E-state index contributed by atoms with van der Waals surface area (Å²) in [5.41, 5.74) is 1.22. The number of hydrogen-bond acceptors (Lipinski definition) is 6. The number of nitrogens with two attached hydrogens (primary N) is 1.